The number of aromatic nitrogens is 1. The molecule has 1 aromatic heterocycles. The first kappa shape index (κ1) is 19.9. The van der Waals surface area contributed by atoms with E-state index in [0.717, 1.165) is 28.4 Å². The first-order valence-electron chi connectivity index (χ1n) is 9.35. The molecule has 0 aliphatic heterocycles. The molecule has 0 saturated heterocycles. The van der Waals surface area contributed by atoms with E-state index in [1.807, 2.05) is 36.4 Å². The van der Waals surface area contributed by atoms with E-state index in [2.05, 4.69) is 11.5 Å². The Bertz CT molecular complexity index is 914. The van der Waals surface area contributed by atoms with Crippen LogP contribution >= 0.6 is 23.2 Å². The lowest BCUT2D eigenvalue weighted by atomic mass is 10.0. The number of aryl methyl sites for hydroxylation is 1. The van der Waals surface area contributed by atoms with E-state index in [9.17, 15) is 9.59 Å². The molecule has 0 aliphatic carbocycles. The number of alkyl halides is 2. The summed E-state index contributed by atoms with van der Waals surface area (Å²) < 4.78 is 2.21. The molecule has 0 aliphatic rings. The summed E-state index contributed by atoms with van der Waals surface area (Å²) in [4.78, 5) is 24.8. The first-order chi connectivity index (χ1) is 13.1. The number of halogens is 2. The van der Waals surface area contributed by atoms with Gasteiger partial charge in [0.1, 0.15) is 0 Å². The van der Waals surface area contributed by atoms with Crippen LogP contribution in [0, 0.1) is 0 Å². The summed E-state index contributed by atoms with van der Waals surface area (Å²) in [6.07, 6.45) is 2.25. The summed E-state index contributed by atoms with van der Waals surface area (Å²) in [7, 11) is 0. The summed E-state index contributed by atoms with van der Waals surface area (Å²) in [5.41, 5.74) is 3.54. The monoisotopic (exact) mass is 403 g/mol. The van der Waals surface area contributed by atoms with Crippen molar-refractivity contribution in [3.8, 4) is 0 Å². The number of nitrogens with zero attached hydrogens (tertiary/aromatic N) is 1. The molecule has 0 N–H and O–H groups in total. The van der Waals surface area contributed by atoms with Crippen LogP contribution in [0.4, 0.5) is 0 Å². The quantitative estimate of drug-likeness (QED) is 0.314. The van der Waals surface area contributed by atoms with Gasteiger partial charge in [0.2, 0.25) is 0 Å². The van der Waals surface area contributed by atoms with E-state index in [-0.39, 0.29) is 11.6 Å². The Morgan fingerprint density at radius 3 is 1.63 bits per heavy atom. The Morgan fingerprint density at radius 2 is 1.26 bits per heavy atom. The summed E-state index contributed by atoms with van der Waals surface area (Å²) in [6.45, 7) is 2.91. The average Bonchev–Trinajstić information content (AvgIpc) is 3.02. The molecule has 0 spiro atoms. The fourth-order valence-corrected chi connectivity index (χ4v) is 3.80. The number of ketones is 2. The standard InChI is InChI=1S/C22H23Cl2NO2/c1-2-25-19-9-7-15(21(26)5-3-11-23)13-17(19)18-14-16(8-10-20(18)25)22(27)6-4-12-24/h7-10,13-14H,2-6,11-12H2,1H3. The molecule has 2 aromatic carbocycles. The summed E-state index contributed by atoms with van der Waals surface area (Å²) in [5, 5.41) is 2.02. The van der Waals surface area contributed by atoms with E-state index in [0.29, 0.717) is 48.6 Å². The van der Waals surface area contributed by atoms with E-state index in [1.54, 1.807) is 0 Å². The molecule has 3 nitrogen and oxygen atoms in total. The van der Waals surface area contributed by atoms with Crippen molar-refractivity contribution in [3.63, 3.8) is 0 Å². The van der Waals surface area contributed by atoms with Gasteiger partial charge in [-0.3, -0.25) is 9.59 Å². The Kier molecular flexibility index (Phi) is 6.56. The van der Waals surface area contributed by atoms with Crippen molar-refractivity contribution in [3.05, 3.63) is 47.5 Å². The minimum atomic E-state index is 0.101. The summed E-state index contributed by atoms with van der Waals surface area (Å²) >= 11 is 11.4. The van der Waals surface area contributed by atoms with Gasteiger partial charge in [-0.05, 0) is 56.2 Å². The van der Waals surface area contributed by atoms with Crippen molar-refractivity contribution >= 4 is 56.6 Å². The van der Waals surface area contributed by atoms with E-state index >= 15 is 0 Å². The predicted molar refractivity (Wildman–Crippen MR) is 114 cm³/mol. The molecule has 0 bridgehead atoms. The van der Waals surface area contributed by atoms with Crippen molar-refractivity contribution in [2.75, 3.05) is 11.8 Å². The molecule has 1 heterocycles. The molecule has 27 heavy (non-hydrogen) atoms. The molecule has 0 atom stereocenters. The van der Waals surface area contributed by atoms with Gasteiger partial charge in [0.15, 0.2) is 11.6 Å². The van der Waals surface area contributed by atoms with E-state index in [1.165, 1.54) is 0 Å². The average molecular weight is 404 g/mol. The Hall–Kier alpha value is -1.84. The van der Waals surface area contributed by atoms with Gasteiger partial charge in [0.05, 0.1) is 0 Å². The zero-order valence-corrected chi connectivity index (χ0v) is 16.9. The second kappa shape index (κ2) is 8.90. The second-order valence-electron chi connectivity index (χ2n) is 6.64. The minimum Gasteiger partial charge on any atom is -0.341 e. The van der Waals surface area contributed by atoms with Crippen LogP contribution in [-0.4, -0.2) is 27.9 Å². The zero-order valence-electron chi connectivity index (χ0n) is 15.4. The molecule has 0 unspecified atom stereocenters. The molecule has 0 amide bonds. The number of rotatable bonds is 9. The van der Waals surface area contributed by atoms with Crippen LogP contribution in [-0.2, 0) is 6.54 Å². The number of fused-ring (bicyclic) bond motifs is 3. The van der Waals surface area contributed by atoms with Gasteiger partial charge in [0.25, 0.3) is 0 Å². The lowest BCUT2D eigenvalue weighted by Crippen LogP contribution is -1.99. The molecule has 3 aromatic rings. The lowest BCUT2D eigenvalue weighted by Gasteiger charge is -2.04. The third-order valence-electron chi connectivity index (χ3n) is 4.90. The molecule has 0 saturated carbocycles. The van der Waals surface area contributed by atoms with Crippen molar-refractivity contribution in [2.24, 2.45) is 0 Å². The Labute approximate surface area is 169 Å². The van der Waals surface area contributed by atoms with Crippen LogP contribution < -0.4 is 0 Å². The zero-order chi connectivity index (χ0) is 19.4. The Morgan fingerprint density at radius 1 is 0.815 bits per heavy atom. The highest BCUT2D eigenvalue weighted by Gasteiger charge is 2.15. The van der Waals surface area contributed by atoms with Crippen LogP contribution in [0.5, 0.6) is 0 Å². The number of hydrogen-bond acceptors (Lipinski definition) is 2. The molecule has 0 radical (unpaired) electrons. The highest BCUT2D eigenvalue weighted by Crippen LogP contribution is 2.31. The predicted octanol–water partition coefficient (Wildman–Crippen LogP) is 6.22. The van der Waals surface area contributed by atoms with Crippen LogP contribution in [0.2, 0.25) is 0 Å². The SMILES string of the molecule is CCn1c2ccc(C(=O)CCCCl)cc2c2cc(C(=O)CCCCl)ccc21. The normalized spacial score (nSPS) is 11.4. The van der Waals surface area contributed by atoms with E-state index < -0.39 is 0 Å². The van der Waals surface area contributed by atoms with Crippen LogP contribution in [0.25, 0.3) is 21.8 Å². The maximum absolute atomic E-state index is 12.4. The van der Waals surface area contributed by atoms with Crippen molar-refractivity contribution in [2.45, 2.75) is 39.2 Å². The highest BCUT2D eigenvalue weighted by molar-refractivity contribution is 6.18. The van der Waals surface area contributed by atoms with Gasteiger partial charge in [-0.1, -0.05) is 0 Å². The third kappa shape index (κ3) is 4.04. The molecule has 5 heteroatoms. The van der Waals surface area contributed by atoms with Crippen LogP contribution in [0.15, 0.2) is 36.4 Å². The van der Waals surface area contributed by atoms with Crippen molar-refractivity contribution in [1.82, 2.24) is 4.57 Å². The highest BCUT2D eigenvalue weighted by atomic mass is 35.5. The van der Waals surface area contributed by atoms with Gasteiger partial charge in [-0.2, -0.15) is 0 Å². The fourth-order valence-electron chi connectivity index (χ4n) is 3.54. The lowest BCUT2D eigenvalue weighted by molar-refractivity contribution is 0.0974. The fraction of sp³-hybridized carbons (Fsp3) is 0.364. The van der Waals surface area contributed by atoms with Crippen LogP contribution in [0.3, 0.4) is 0 Å². The summed E-state index contributed by atoms with van der Waals surface area (Å²) in [5.74, 6) is 1.17. The number of hydrogen-bond donors (Lipinski definition) is 0. The Balaban J connectivity index is 2.11. The van der Waals surface area contributed by atoms with Gasteiger partial charge in [0, 0.05) is 64.1 Å². The smallest absolute Gasteiger partial charge is 0.162 e. The van der Waals surface area contributed by atoms with Gasteiger partial charge in [-0.15, -0.1) is 23.2 Å². The molecule has 3 rings (SSSR count). The first-order valence-corrected chi connectivity index (χ1v) is 10.4. The number of carbonyl (C=O) groups is 2. The van der Waals surface area contributed by atoms with Crippen molar-refractivity contribution in [1.29, 1.82) is 0 Å². The molecule has 142 valence electrons. The largest absolute Gasteiger partial charge is 0.341 e. The van der Waals surface area contributed by atoms with Gasteiger partial charge in [-0.25, -0.2) is 0 Å². The third-order valence-corrected chi connectivity index (χ3v) is 5.43. The van der Waals surface area contributed by atoms with Gasteiger partial charge < -0.3 is 4.57 Å². The second-order valence-corrected chi connectivity index (χ2v) is 7.40. The minimum absolute atomic E-state index is 0.101. The topological polar surface area (TPSA) is 39.1 Å². The van der Waals surface area contributed by atoms with Crippen molar-refractivity contribution < 1.29 is 9.59 Å². The molecular formula is C22H23Cl2NO2. The van der Waals surface area contributed by atoms with Gasteiger partial charge >= 0.3 is 0 Å². The van der Waals surface area contributed by atoms with Crippen LogP contribution in [0.1, 0.15) is 53.3 Å². The maximum Gasteiger partial charge on any atom is 0.162 e. The number of benzene rings is 2. The number of Topliss-reactive ketones (excluding diaryl/α,β-unsaturated/α-hetero) is 2. The van der Waals surface area contributed by atoms with E-state index in [4.69, 9.17) is 23.2 Å². The molecular weight excluding hydrogens is 381 g/mol. The molecule has 0 fully saturated rings. The number of carbonyl (C=O) groups excluding carboxylic acids is 2. The maximum atomic E-state index is 12.4. The summed E-state index contributed by atoms with van der Waals surface area (Å²) in [6, 6.07) is 11.7.